The smallest absolute Gasteiger partial charge is 0.310 e. The number of rotatable bonds is 3. The maximum atomic E-state index is 12.6. The van der Waals surface area contributed by atoms with Crippen LogP contribution in [0.15, 0.2) is 48.5 Å². The number of carbonyl (C=O) groups is 2. The highest BCUT2D eigenvalue weighted by molar-refractivity contribution is 6.07. The lowest BCUT2D eigenvalue weighted by atomic mass is 10.1. The Balaban J connectivity index is 1.77. The Morgan fingerprint density at radius 1 is 1.09 bits per heavy atom. The van der Waals surface area contributed by atoms with Gasteiger partial charge in [0.25, 0.3) is 5.91 Å². The van der Waals surface area contributed by atoms with Crippen molar-refractivity contribution in [2.75, 3.05) is 11.4 Å². The minimum absolute atomic E-state index is 0.0293. The molecule has 0 radical (unpaired) electrons. The van der Waals surface area contributed by atoms with Gasteiger partial charge in [-0.25, -0.2) is 0 Å². The maximum absolute atomic E-state index is 12.6. The van der Waals surface area contributed by atoms with Crippen molar-refractivity contribution in [1.82, 2.24) is 0 Å². The van der Waals surface area contributed by atoms with Gasteiger partial charge in [0.05, 0.1) is 0 Å². The Kier molecular flexibility index (Phi) is 3.92. The van der Waals surface area contributed by atoms with Crippen molar-refractivity contribution in [2.24, 2.45) is 0 Å². The molecular weight excluding hydrogens is 278 g/mol. The topological polar surface area (TPSA) is 46.6 Å². The summed E-state index contributed by atoms with van der Waals surface area (Å²) in [7, 11) is 0. The summed E-state index contributed by atoms with van der Waals surface area (Å²) in [5.74, 6) is 0.149. The summed E-state index contributed by atoms with van der Waals surface area (Å²) in [5.41, 5.74) is 2.77. The van der Waals surface area contributed by atoms with Gasteiger partial charge in [0.2, 0.25) is 0 Å². The van der Waals surface area contributed by atoms with E-state index < -0.39 is 0 Å². The third-order valence-corrected chi connectivity index (χ3v) is 3.75. The summed E-state index contributed by atoms with van der Waals surface area (Å²) in [4.78, 5) is 25.7. The van der Waals surface area contributed by atoms with Crippen LogP contribution in [-0.2, 0) is 11.2 Å². The van der Waals surface area contributed by atoms with Crippen molar-refractivity contribution in [1.29, 1.82) is 0 Å². The number of hydrogen-bond donors (Lipinski definition) is 0. The third kappa shape index (κ3) is 2.72. The fourth-order valence-corrected chi connectivity index (χ4v) is 2.57. The van der Waals surface area contributed by atoms with Crippen LogP contribution >= 0.6 is 0 Å². The molecule has 112 valence electrons. The van der Waals surface area contributed by atoms with Gasteiger partial charge in [-0.1, -0.05) is 25.1 Å². The number of carbonyl (C=O) groups excluding carboxylic acids is 2. The molecule has 0 atom stereocenters. The summed E-state index contributed by atoms with van der Waals surface area (Å²) < 4.78 is 5.12. The predicted octanol–water partition coefficient (Wildman–Crippen LogP) is 3.20. The van der Waals surface area contributed by atoms with Gasteiger partial charge < -0.3 is 9.64 Å². The molecule has 0 spiro atoms. The fourth-order valence-electron chi connectivity index (χ4n) is 2.57. The van der Waals surface area contributed by atoms with Gasteiger partial charge in [-0.2, -0.15) is 0 Å². The molecule has 1 heterocycles. The Morgan fingerprint density at radius 2 is 1.82 bits per heavy atom. The van der Waals surface area contributed by atoms with Crippen LogP contribution in [0.2, 0.25) is 0 Å². The first-order chi connectivity index (χ1) is 10.7. The molecule has 0 fully saturated rings. The first-order valence-corrected chi connectivity index (χ1v) is 7.39. The summed E-state index contributed by atoms with van der Waals surface area (Å²) in [5, 5.41) is 0. The minimum atomic E-state index is -0.285. The lowest BCUT2D eigenvalue weighted by Crippen LogP contribution is -2.28. The SMILES string of the molecule is CCC(=O)Oc1ccc(C(=O)N2CCc3ccccc32)cc1. The van der Waals surface area contributed by atoms with Crippen LogP contribution in [-0.4, -0.2) is 18.4 Å². The van der Waals surface area contributed by atoms with Crippen molar-refractivity contribution >= 4 is 17.6 Å². The van der Waals surface area contributed by atoms with E-state index in [1.165, 1.54) is 5.56 Å². The quantitative estimate of drug-likeness (QED) is 0.645. The lowest BCUT2D eigenvalue weighted by Gasteiger charge is -2.17. The standard InChI is InChI=1S/C18H17NO3/c1-2-17(20)22-15-9-7-14(8-10-15)18(21)19-12-11-13-5-3-4-6-16(13)19/h3-10H,2,11-12H2,1H3. The third-order valence-electron chi connectivity index (χ3n) is 3.75. The van der Waals surface area contributed by atoms with Crippen LogP contribution in [0.25, 0.3) is 0 Å². The first-order valence-electron chi connectivity index (χ1n) is 7.39. The number of fused-ring (bicyclic) bond motifs is 1. The number of para-hydroxylation sites is 1. The number of amides is 1. The molecule has 0 aromatic heterocycles. The molecule has 4 nitrogen and oxygen atoms in total. The molecule has 4 heteroatoms. The molecule has 1 amide bonds. The van der Waals surface area contributed by atoms with Crippen molar-refractivity contribution in [3.8, 4) is 5.75 Å². The van der Waals surface area contributed by atoms with E-state index in [1.54, 1.807) is 36.1 Å². The van der Waals surface area contributed by atoms with Crippen molar-refractivity contribution < 1.29 is 14.3 Å². The van der Waals surface area contributed by atoms with E-state index in [4.69, 9.17) is 4.74 Å². The number of anilines is 1. The summed E-state index contributed by atoms with van der Waals surface area (Å²) in [6.07, 6.45) is 1.21. The van der Waals surface area contributed by atoms with Crippen LogP contribution in [0.1, 0.15) is 29.3 Å². The van der Waals surface area contributed by atoms with E-state index in [-0.39, 0.29) is 11.9 Å². The highest BCUT2D eigenvalue weighted by atomic mass is 16.5. The highest BCUT2D eigenvalue weighted by Crippen LogP contribution is 2.29. The van der Waals surface area contributed by atoms with Crippen LogP contribution in [0, 0.1) is 0 Å². The normalized spacial score (nSPS) is 12.9. The molecule has 0 aliphatic carbocycles. The molecule has 22 heavy (non-hydrogen) atoms. The molecule has 2 aromatic rings. The number of esters is 1. The summed E-state index contributed by atoms with van der Waals surface area (Å²) in [6.45, 7) is 2.44. The Morgan fingerprint density at radius 3 is 2.55 bits per heavy atom. The van der Waals surface area contributed by atoms with Crippen LogP contribution < -0.4 is 9.64 Å². The predicted molar refractivity (Wildman–Crippen MR) is 84.2 cm³/mol. The van der Waals surface area contributed by atoms with Gasteiger partial charge in [0.15, 0.2) is 0 Å². The van der Waals surface area contributed by atoms with Gasteiger partial charge in [0.1, 0.15) is 5.75 Å². The van der Waals surface area contributed by atoms with E-state index in [9.17, 15) is 9.59 Å². The minimum Gasteiger partial charge on any atom is -0.427 e. The Hall–Kier alpha value is -2.62. The number of nitrogens with zero attached hydrogens (tertiary/aromatic N) is 1. The van der Waals surface area contributed by atoms with Gasteiger partial charge in [-0.05, 0) is 42.3 Å². The second kappa shape index (κ2) is 6.02. The zero-order valence-electron chi connectivity index (χ0n) is 12.4. The Labute approximate surface area is 129 Å². The van der Waals surface area contributed by atoms with Crippen LogP contribution in [0.3, 0.4) is 0 Å². The monoisotopic (exact) mass is 295 g/mol. The second-order valence-corrected chi connectivity index (χ2v) is 5.19. The number of benzene rings is 2. The zero-order valence-corrected chi connectivity index (χ0v) is 12.4. The van der Waals surface area contributed by atoms with Gasteiger partial charge in [-0.3, -0.25) is 9.59 Å². The van der Waals surface area contributed by atoms with E-state index in [2.05, 4.69) is 6.07 Å². The number of hydrogen-bond acceptors (Lipinski definition) is 3. The molecular formula is C18H17NO3. The second-order valence-electron chi connectivity index (χ2n) is 5.19. The molecule has 3 rings (SSSR count). The van der Waals surface area contributed by atoms with E-state index in [1.807, 2.05) is 18.2 Å². The van der Waals surface area contributed by atoms with Crippen LogP contribution in [0.4, 0.5) is 5.69 Å². The molecule has 1 aliphatic heterocycles. The summed E-state index contributed by atoms with van der Waals surface area (Å²) in [6, 6.07) is 14.7. The van der Waals surface area contributed by atoms with Crippen molar-refractivity contribution in [2.45, 2.75) is 19.8 Å². The molecule has 0 N–H and O–H groups in total. The lowest BCUT2D eigenvalue weighted by molar-refractivity contribution is -0.134. The molecule has 0 saturated carbocycles. The van der Waals surface area contributed by atoms with Gasteiger partial charge in [0, 0.05) is 24.2 Å². The molecule has 2 aromatic carbocycles. The largest absolute Gasteiger partial charge is 0.427 e. The first kappa shape index (κ1) is 14.3. The highest BCUT2D eigenvalue weighted by Gasteiger charge is 2.24. The van der Waals surface area contributed by atoms with Crippen molar-refractivity contribution in [3.63, 3.8) is 0 Å². The number of ether oxygens (including phenoxy) is 1. The fraction of sp³-hybridized carbons (Fsp3) is 0.222. The van der Waals surface area contributed by atoms with Gasteiger partial charge in [-0.15, -0.1) is 0 Å². The molecule has 0 saturated heterocycles. The Bertz CT molecular complexity index is 707. The van der Waals surface area contributed by atoms with E-state index >= 15 is 0 Å². The van der Waals surface area contributed by atoms with E-state index in [0.717, 1.165) is 12.1 Å². The average Bonchev–Trinajstić information content (AvgIpc) is 2.99. The van der Waals surface area contributed by atoms with Gasteiger partial charge >= 0.3 is 5.97 Å². The average molecular weight is 295 g/mol. The van der Waals surface area contributed by atoms with E-state index in [0.29, 0.717) is 24.3 Å². The molecule has 0 unspecified atom stereocenters. The molecule has 0 bridgehead atoms. The zero-order chi connectivity index (χ0) is 15.5. The summed E-state index contributed by atoms with van der Waals surface area (Å²) >= 11 is 0. The molecule has 1 aliphatic rings. The van der Waals surface area contributed by atoms with Crippen LogP contribution in [0.5, 0.6) is 5.75 Å². The van der Waals surface area contributed by atoms with Crippen molar-refractivity contribution in [3.05, 3.63) is 59.7 Å². The maximum Gasteiger partial charge on any atom is 0.310 e.